The Morgan fingerprint density at radius 3 is 2.17 bits per heavy atom. The number of anilines is 2. The number of carbonyl (C=O) groups is 2. The summed E-state index contributed by atoms with van der Waals surface area (Å²) in [5.74, 6) is 0.125. The van der Waals surface area contributed by atoms with Gasteiger partial charge in [-0.05, 0) is 61.0 Å². The molecule has 0 unspecified atom stereocenters. The van der Waals surface area contributed by atoms with Crippen LogP contribution >= 0.6 is 23.2 Å². The van der Waals surface area contributed by atoms with Gasteiger partial charge in [0, 0.05) is 10.7 Å². The van der Waals surface area contributed by atoms with E-state index < -0.39 is 11.8 Å². The van der Waals surface area contributed by atoms with Crippen LogP contribution in [0.4, 0.5) is 11.4 Å². The van der Waals surface area contributed by atoms with E-state index in [1.807, 2.05) is 43.3 Å². The first-order valence-corrected chi connectivity index (χ1v) is 9.84. The molecule has 0 spiro atoms. The van der Waals surface area contributed by atoms with E-state index >= 15 is 0 Å². The highest BCUT2D eigenvalue weighted by Crippen LogP contribution is 2.32. The molecule has 150 valence electrons. The molecule has 0 saturated heterocycles. The lowest BCUT2D eigenvalue weighted by atomic mass is 10.2. The first-order chi connectivity index (χ1) is 14.4. The first kappa shape index (κ1) is 20.0. The van der Waals surface area contributed by atoms with Crippen LogP contribution in [0.3, 0.4) is 0 Å². The van der Waals surface area contributed by atoms with Crippen LogP contribution < -0.4 is 15.0 Å². The van der Waals surface area contributed by atoms with Crippen molar-refractivity contribution in [1.29, 1.82) is 0 Å². The van der Waals surface area contributed by atoms with Crippen molar-refractivity contribution < 1.29 is 14.3 Å². The second-order valence-corrected chi connectivity index (χ2v) is 7.42. The Balaban J connectivity index is 1.53. The van der Waals surface area contributed by atoms with Crippen LogP contribution in [0.5, 0.6) is 11.5 Å². The summed E-state index contributed by atoms with van der Waals surface area (Å²) in [5.41, 5.74) is 1.86. The van der Waals surface area contributed by atoms with Gasteiger partial charge in [0.25, 0.3) is 11.8 Å². The lowest BCUT2D eigenvalue weighted by Crippen LogP contribution is -2.32. The van der Waals surface area contributed by atoms with Gasteiger partial charge in [-0.2, -0.15) is 0 Å². The standard InChI is InChI=1S/C23H16Cl2N2O3/c1-14-7-8-15(13-19(14)24)26-21-20(25)22(28)27(23(21)29)16-9-11-18(12-10-16)30-17-5-3-2-4-6-17/h2-13,26H,1H3. The van der Waals surface area contributed by atoms with E-state index in [2.05, 4.69) is 5.32 Å². The van der Waals surface area contributed by atoms with E-state index in [9.17, 15) is 9.59 Å². The normalized spacial score (nSPS) is 13.8. The van der Waals surface area contributed by atoms with Gasteiger partial charge in [0.05, 0.1) is 5.69 Å². The maximum Gasteiger partial charge on any atom is 0.283 e. The summed E-state index contributed by atoms with van der Waals surface area (Å²) in [4.78, 5) is 26.5. The summed E-state index contributed by atoms with van der Waals surface area (Å²) in [6, 6.07) is 21.2. The first-order valence-electron chi connectivity index (χ1n) is 9.09. The highest BCUT2D eigenvalue weighted by molar-refractivity contribution is 6.53. The molecule has 0 bridgehead atoms. The molecular weight excluding hydrogens is 423 g/mol. The van der Waals surface area contributed by atoms with Gasteiger partial charge in [0.1, 0.15) is 22.2 Å². The summed E-state index contributed by atoms with van der Waals surface area (Å²) < 4.78 is 5.74. The number of ether oxygens (including phenoxy) is 1. The lowest BCUT2D eigenvalue weighted by Gasteiger charge is -2.16. The fourth-order valence-corrected chi connectivity index (χ4v) is 3.34. The molecule has 0 fully saturated rings. The molecule has 0 saturated carbocycles. The Kier molecular flexibility index (Phi) is 5.48. The molecule has 0 radical (unpaired) electrons. The van der Waals surface area contributed by atoms with Crippen molar-refractivity contribution in [3.05, 3.63) is 94.1 Å². The Morgan fingerprint density at radius 2 is 1.50 bits per heavy atom. The smallest absolute Gasteiger partial charge is 0.283 e. The van der Waals surface area contributed by atoms with Crippen LogP contribution in [0, 0.1) is 6.92 Å². The Morgan fingerprint density at radius 1 is 0.833 bits per heavy atom. The van der Waals surface area contributed by atoms with Gasteiger partial charge in [-0.1, -0.05) is 47.5 Å². The summed E-state index contributed by atoms with van der Waals surface area (Å²) in [6.45, 7) is 1.87. The molecule has 3 aromatic rings. The third-order valence-electron chi connectivity index (χ3n) is 4.54. The predicted molar refractivity (Wildman–Crippen MR) is 118 cm³/mol. The van der Waals surface area contributed by atoms with E-state index in [4.69, 9.17) is 27.9 Å². The molecule has 3 aromatic carbocycles. The Hall–Kier alpha value is -3.28. The van der Waals surface area contributed by atoms with E-state index in [1.165, 1.54) is 0 Å². The minimum atomic E-state index is -0.598. The second kappa shape index (κ2) is 8.22. The third-order valence-corrected chi connectivity index (χ3v) is 5.30. The monoisotopic (exact) mass is 438 g/mol. The molecule has 1 heterocycles. The van der Waals surface area contributed by atoms with Gasteiger partial charge in [-0.15, -0.1) is 0 Å². The molecule has 1 aliphatic heterocycles. The highest BCUT2D eigenvalue weighted by Gasteiger charge is 2.39. The summed E-state index contributed by atoms with van der Waals surface area (Å²) in [5, 5.41) is 3.27. The molecule has 4 rings (SSSR count). The fourth-order valence-electron chi connectivity index (χ4n) is 2.95. The molecule has 0 aromatic heterocycles. The van der Waals surface area contributed by atoms with Gasteiger partial charge in [0.15, 0.2) is 0 Å². The fraction of sp³-hybridized carbons (Fsp3) is 0.0435. The molecular formula is C23H16Cl2N2O3. The zero-order valence-electron chi connectivity index (χ0n) is 15.9. The summed E-state index contributed by atoms with van der Waals surface area (Å²) >= 11 is 12.3. The van der Waals surface area contributed by atoms with Gasteiger partial charge < -0.3 is 10.1 Å². The quantitative estimate of drug-likeness (QED) is 0.505. The molecule has 2 amide bonds. The van der Waals surface area contributed by atoms with E-state index in [0.29, 0.717) is 27.9 Å². The number of benzene rings is 3. The van der Waals surface area contributed by atoms with Crippen LogP contribution in [0.1, 0.15) is 5.56 Å². The highest BCUT2D eigenvalue weighted by atomic mass is 35.5. The Labute approximate surface area is 183 Å². The molecule has 0 atom stereocenters. The number of amides is 2. The van der Waals surface area contributed by atoms with E-state index in [0.717, 1.165) is 10.5 Å². The minimum Gasteiger partial charge on any atom is -0.457 e. The maximum atomic E-state index is 12.9. The number of halogens is 2. The van der Waals surface area contributed by atoms with Crippen molar-refractivity contribution in [3.63, 3.8) is 0 Å². The predicted octanol–water partition coefficient (Wildman–Crippen LogP) is 5.88. The third kappa shape index (κ3) is 3.90. The van der Waals surface area contributed by atoms with Gasteiger partial charge in [-0.3, -0.25) is 9.59 Å². The largest absolute Gasteiger partial charge is 0.457 e. The molecule has 30 heavy (non-hydrogen) atoms. The molecule has 5 nitrogen and oxygen atoms in total. The number of para-hydroxylation sites is 1. The lowest BCUT2D eigenvalue weighted by molar-refractivity contribution is -0.120. The number of aryl methyl sites for hydroxylation is 1. The van der Waals surface area contributed by atoms with Gasteiger partial charge in [-0.25, -0.2) is 4.90 Å². The van der Waals surface area contributed by atoms with Gasteiger partial charge in [0.2, 0.25) is 0 Å². The zero-order valence-corrected chi connectivity index (χ0v) is 17.4. The minimum absolute atomic E-state index is 0.00574. The van der Waals surface area contributed by atoms with Crippen molar-refractivity contribution in [2.45, 2.75) is 6.92 Å². The topological polar surface area (TPSA) is 58.6 Å². The van der Waals surface area contributed by atoms with Crippen LogP contribution in [0.15, 0.2) is 83.5 Å². The van der Waals surface area contributed by atoms with Crippen LogP contribution in [-0.2, 0) is 9.59 Å². The SMILES string of the molecule is Cc1ccc(NC2=C(Cl)C(=O)N(c3ccc(Oc4ccccc4)cc3)C2=O)cc1Cl. The number of nitrogens with one attached hydrogen (secondary N) is 1. The number of hydrogen-bond donors (Lipinski definition) is 1. The van der Waals surface area contributed by atoms with Crippen LogP contribution in [0.25, 0.3) is 0 Å². The number of imide groups is 1. The zero-order chi connectivity index (χ0) is 21.3. The van der Waals surface area contributed by atoms with Gasteiger partial charge >= 0.3 is 0 Å². The van der Waals surface area contributed by atoms with Crippen LogP contribution in [-0.4, -0.2) is 11.8 Å². The molecule has 1 N–H and O–H groups in total. The van der Waals surface area contributed by atoms with E-state index in [1.54, 1.807) is 36.4 Å². The molecule has 0 aliphatic carbocycles. The van der Waals surface area contributed by atoms with Crippen molar-refractivity contribution in [2.75, 3.05) is 10.2 Å². The van der Waals surface area contributed by atoms with Crippen molar-refractivity contribution >= 4 is 46.4 Å². The number of hydrogen-bond acceptors (Lipinski definition) is 4. The number of rotatable bonds is 5. The second-order valence-electron chi connectivity index (χ2n) is 6.63. The van der Waals surface area contributed by atoms with E-state index in [-0.39, 0.29) is 10.7 Å². The summed E-state index contributed by atoms with van der Waals surface area (Å²) in [7, 11) is 0. The van der Waals surface area contributed by atoms with Crippen LogP contribution in [0.2, 0.25) is 5.02 Å². The average Bonchev–Trinajstić information content (AvgIpc) is 2.95. The number of nitrogens with zero attached hydrogens (tertiary/aromatic N) is 1. The van der Waals surface area contributed by atoms with Crippen molar-refractivity contribution in [2.24, 2.45) is 0 Å². The molecule has 1 aliphatic rings. The molecule has 7 heteroatoms. The maximum absolute atomic E-state index is 12.9. The number of carbonyl (C=O) groups excluding carboxylic acids is 2. The Bertz CT molecular complexity index is 1160. The average molecular weight is 439 g/mol. The van der Waals surface area contributed by atoms with Crippen molar-refractivity contribution in [1.82, 2.24) is 0 Å². The van der Waals surface area contributed by atoms with Crippen molar-refractivity contribution in [3.8, 4) is 11.5 Å². The summed E-state index contributed by atoms with van der Waals surface area (Å²) in [6.07, 6.45) is 0.